The largest absolute Gasteiger partial charge is 0.365 e. The molecule has 3 rings (SSSR count). The van der Waals surface area contributed by atoms with Gasteiger partial charge in [-0.1, -0.05) is 6.92 Å². The molecule has 172 valence electrons. The van der Waals surface area contributed by atoms with Crippen LogP contribution < -0.4 is 27.0 Å². The number of carbonyl (C=O) groups is 1. The van der Waals surface area contributed by atoms with E-state index < -0.39 is 17.3 Å². The van der Waals surface area contributed by atoms with E-state index in [2.05, 4.69) is 20.7 Å². The van der Waals surface area contributed by atoms with E-state index in [-0.39, 0.29) is 23.2 Å². The lowest BCUT2D eigenvalue weighted by Gasteiger charge is -2.34. The average Bonchev–Trinajstić information content (AvgIpc) is 3.06. The molecule has 2 heterocycles. The Morgan fingerprint density at radius 2 is 2.00 bits per heavy atom. The number of aryl methyl sites for hydroxylation is 1. The number of nitrogens with one attached hydrogen (secondary N) is 2. The first-order chi connectivity index (χ1) is 15.0. The molecule has 1 aromatic carbocycles. The van der Waals surface area contributed by atoms with Crippen LogP contribution in [-0.2, 0) is 7.05 Å². The molecule has 9 nitrogen and oxygen atoms in total. The summed E-state index contributed by atoms with van der Waals surface area (Å²) >= 11 is 0. The highest BCUT2D eigenvalue weighted by molar-refractivity contribution is 5.99. The van der Waals surface area contributed by atoms with Crippen molar-refractivity contribution in [3.8, 4) is 0 Å². The molecule has 0 saturated heterocycles. The van der Waals surface area contributed by atoms with Crippen molar-refractivity contribution in [2.24, 2.45) is 18.5 Å². The Morgan fingerprint density at radius 1 is 1.31 bits per heavy atom. The lowest BCUT2D eigenvalue weighted by Crippen LogP contribution is -2.49. The molecule has 2 aromatic heterocycles. The number of amides is 1. The van der Waals surface area contributed by atoms with Gasteiger partial charge in [-0.05, 0) is 44.5 Å². The Morgan fingerprint density at radius 3 is 2.56 bits per heavy atom. The van der Waals surface area contributed by atoms with Gasteiger partial charge in [-0.3, -0.25) is 9.48 Å². The number of rotatable bonds is 8. The number of pyridine rings is 1. The summed E-state index contributed by atoms with van der Waals surface area (Å²) < 4.78 is 16.6. The maximum absolute atomic E-state index is 14.8. The molecule has 10 heteroatoms. The number of carbonyl (C=O) groups excluding carboxylic acids is 1. The SMILES string of the molecule is CC[C@@](C)(Nc1nc(Nc2ccc3c(c2)c(N(C)C)nn3C)c(C(N)=O)cc1F)[C@H](C)N. The quantitative estimate of drug-likeness (QED) is 0.422. The summed E-state index contributed by atoms with van der Waals surface area (Å²) in [6.45, 7) is 5.69. The summed E-state index contributed by atoms with van der Waals surface area (Å²) in [5.41, 5.74) is 12.6. The van der Waals surface area contributed by atoms with Crippen molar-refractivity contribution in [1.82, 2.24) is 14.8 Å². The lowest BCUT2D eigenvalue weighted by molar-refractivity contribution is 0.100. The van der Waals surface area contributed by atoms with Crippen molar-refractivity contribution in [3.63, 3.8) is 0 Å². The summed E-state index contributed by atoms with van der Waals surface area (Å²) in [4.78, 5) is 18.3. The standard InChI is InChI=1S/C22H31FN8O/c1-7-22(3,12(2)24)28-20-16(23)11-15(18(25)32)19(27-20)26-13-8-9-17-14(10-13)21(30(4)5)29-31(17)6/h8-12H,7,24H2,1-6H3,(H2,25,32)(H2,26,27,28)/t12-,22+/m0/s1. The molecule has 6 N–H and O–H groups in total. The normalized spacial score (nSPS) is 14.1. The molecule has 2 atom stereocenters. The molecule has 0 spiro atoms. The monoisotopic (exact) mass is 442 g/mol. The number of halogens is 1. The van der Waals surface area contributed by atoms with Gasteiger partial charge < -0.3 is 27.0 Å². The number of nitrogens with zero attached hydrogens (tertiary/aromatic N) is 4. The van der Waals surface area contributed by atoms with Crippen molar-refractivity contribution in [2.45, 2.75) is 38.8 Å². The van der Waals surface area contributed by atoms with Crippen molar-refractivity contribution in [1.29, 1.82) is 0 Å². The third kappa shape index (κ3) is 4.31. The fraction of sp³-hybridized carbons (Fsp3) is 0.409. The van der Waals surface area contributed by atoms with Crippen molar-refractivity contribution < 1.29 is 9.18 Å². The number of benzene rings is 1. The van der Waals surface area contributed by atoms with Crippen molar-refractivity contribution >= 4 is 40.0 Å². The number of fused-ring (bicyclic) bond motifs is 1. The molecule has 3 aromatic rings. The number of primary amides is 1. The highest BCUT2D eigenvalue weighted by Crippen LogP contribution is 2.31. The number of aromatic nitrogens is 3. The number of anilines is 4. The topological polar surface area (TPSA) is 127 Å². The Balaban J connectivity index is 2.06. The third-order valence-corrected chi connectivity index (χ3v) is 5.90. The Bertz CT molecular complexity index is 1160. The minimum absolute atomic E-state index is 0.00409. The predicted molar refractivity (Wildman–Crippen MR) is 127 cm³/mol. The third-order valence-electron chi connectivity index (χ3n) is 5.90. The summed E-state index contributed by atoms with van der Waals surface area (Å²) in [6.07, 6.45) is 0.650. The van der Waals surface area contributed by atoms with E-state index >= 15 is 0 Å². The first-order valence-electron chi connectivity index (χ1n) is 10.4. The number of nitrogens with two attached hydrogens (primary N) is 2. The van der Waals surface area contributed by atoms with E-state index in [1.54, 1.807) is 4.68 Å². The Kier molecular flexibility index (Phi) is 6.27. The van der Waals surface area contributed by atoms with E-state index in [0.29, 0.717) is 12.1 Å². The van der Waals surface area contributed by atoms with Crippen molar-refractivity contribution in [3.05, 3.63) is 35.6 Å². The Labute approximate surface area is 187 Å². The van der Waals surface area contributed by atoms with Crippen LogP contribution >= 0.6 is 0 Å². The van der Waals surface area contributed by atoms with Gasteiger partial charge >= 0.3 is 0 Å². The molecule has 32 heavy (non-hydrogen) atoms. The smallest absolute Gasteiger partial charge is 0.252 e. The van der Waals surface area contributed by atoms with Gasteiger partial charge in [0.05, 0.1) is 16.6 Å². The second-order valence-corrected chi connectivity index (χ2v) is 8.46. The zero-order valence-corrected chi connectivity index (χ0v) is 19.3. The molecular formula is C22H31FN8O. The van der Waals surface area contributed by atoms with Gasteiger partial charge in [0.1, 0.15) is 5.82 Å². The summed E-state index contributed by atoms with van der Waals surface area (Å²) in [7, 11) is 5.70. The van der Waals surface area contributed by atoms with Crippen LogP contribution in [0.5, 0.6) is 0 Å². The van der Waals surface area contributed by atoms with Crippen LogP contribution in [0.4, 0.5) is 27.5 Å². The minimum atomic E-state index is -0.785. The van der Waals surface area contributed by atoms with Gasteiger partial charge in [0, 0.05) is 38.3 Å². The van der Waals surface area contributed by atoms with Crippen molar-refractivity contribution in [2.75, 3.05) is 29.6 Å². The Hall–Kier alpha value is -3.40. The maximum Gasteiger partial charge on any atom is 0.252 e. The molecule has 0 aliphatic carbocycles. The first-order valence-corrected chi connectivity index (χ1v) is 10.4. The predicted octanol–water partition coefficient (Wildman–Crippen LogP) is 2.94. The molecule has 0 unspecified atom stereocenters. The van der Waals surface area contributed by atoms with Crippen LogP contribution in [0, 0.1) is 5.82 Å². The molecule has 0 aliphatic heterocycles. The van der Waals surface area contributed by atoms with Gasteiger partial charge in [-0.2, -0.15) is 5.10 Å². The summed E-state index contributed by atoms with van der Waals surface area (Å²) in [6, 6.07) is 6.47. The van der Waals surface area contributed by atoms with Crippen LogP contribution in [-0.4, -0.2) is 46.3 Å². The number of hydrogen-bond acceptors (Lipinski definition) is 7. The van der Waals surface area contributed by atoms with Gasteiger partial charge in [0.15, 0.2) is 17.5 Å². The van der Waals surface area contributed by atoms with Crippen LogP contribution in [0.3, 0.4) is 0 Å². The first kappa shape index (κ1) is 23.3. The molecular weight excluding hydrogens is 411 g/mol. The molecule has 1 amide bonds. The van der Waals surface area contributed by atoms with E-state index in [9.17, 15) is 9.18 Å². The molecule has 0 radical (unpaired) electrons. The number of hydrogen-bond donors (Lipinski definition) is 4. The van der Waals surface area contributed by atoms with E-state index in [0.717, 1.165) is 22.8 Å². The van der Waals surface area contributed by atoms with Crippen LogP contribution in [0.1, 0.15) is 37.6 Å². The summed E-state index contributed by atoms with van der Waals surface area (Å²) in [5.74, 6) is -0.518. The zero-order valence-electron chi connectivity index (χ0n) is 19.3. The highest BCUT2D eigenvalue weighted by Gasteiger charge is 2.29. The molecule has 0 aliphatic rings. The summed E-state index contributed by atoms with van der Waals surface area (Å²) in [5, 5.41) is 11.7. The minimum Gasteiger partial charge on any atom is -0.365 e. The molecule has 0 bridgehead atoms. The zero-order chi connectivity index (χ0) is 23.8. The van der Waals surface area contributed by atoms with Crippen LogP contribution in [0.15, 0.2) is 24.3 Å². The second-order valence-electron chi connectivity index (χ2n) is 8.46. The fourth-order valence-corrected chi connectivity index (χ4v) is 3.45. The lowest BCUT2D eigenvalue weighted by atomic mass is 9.91. The average molecular weight is 443 g/mol. The van der Waals surface area contributed by atoms with E-state index in [1.807, 2.05) is 65.0 Å². The molecule has 0 fully saturated rings. The second kappa shape index (κ2) is 8.62. The van der Waals surface area contributed by atoms with Gasteiger partial charge in [0.25, 0.3) is 5.91 Å². The molecule has 0 saturated carbocycles. The van der Waals surface area contributed by atoms with Crippen LogP contribution in [0.25, 0.3) is 10.9 Å². The van der Waals surface area contributed by atoms with Gasteiger partial charge in [-0.15, -0.1) is 0 Å². The van der Waals surface area contributed by atoms with E-state index in [1.165, 1.54) is 0 Å². The maximum atomic E-state index is 14.8. The van der Waals surface area contributed by atoms with E-state index in [4.69, 9.17) is 11.5 Å². The van der Waals surface area contributed by atoms with Crippen LogP contribution in [0.2, 0.25) is 0 Å². The van der Waals surface area contributed by atoms with Gasteiger partial charge in [0.2, 0.25) is 0 Å². The fourth-order valence-electron chi connectivity index (χ4n) is 3.45. The highest BCUT2D eigenvalue weighted by atomic mass is 19.1. The van der Waals surface area contributed by atoms with Gasteiger partial charge in [-0.25, -0.2) is 9.37 Å².